The highest BCUT2D eigenvalue weighted by Gasteiger charge is 2.18. The van der Waals surface area contributed by atoms with Crippen molar-refractivity contribution in [3.05, 3.63) is 36.4 Å². The number of hydrogen-bond donors (Lipinski definition) is 0. The van der Waals surface area contributed by atoms with Crippen molar-refractivity contribution in [3.8, 4) is 0 Å². The zero-order valence-electron chi connectivity index (χ0n) is 7.30. The molecule has 0 N–H and O–H groups in total. The van der Waals surface area contributed by atoms with Crippen molar-refractivity contribution in [2.75, 3.05) is 0 Å². The Morgan fingerprint density at radius 3 is 2.92 bits per heavy atom. The Morgan fingerprint density at radius 2 is 2.38 bits per heavy atom. The fourth-order valence-corrected chi connectivity index (χ4v) is 1.32. The van der Waals surface area contributed by atoms with Gasteiger partial charge in [0.2, 0.25) is 5.89 Å². The Bertz CT molecular complexity index is 305. The predicted octanol–water partition coefficient (Wildman–Crippen LogP) is 2.20. The monoisotopic (exact) mass is 178 g/mol. The van der Waals surface area contributed by atoms with Crippen molar-refractivity contribution in [2.24, 2.45) is 0 Å². The van der Waals surface area contributed by atoms with Gasteiger partial charge in [0.25, 0.3) is 0 Å². The largest absolute Gasteiger partial charge is 0.448 e. The molecular weight excluding hydrogens is 168 g/mol. The molecule has 68 valence electrons. The lowest BCUT2D eigenvalue weighted by atomic mass is 10.0. The Morgan fingerprint density at radius 1 is 1.46 bits per heavy atom. The maximum atomic E-state index is 5.22. The van der Waals surface area contributed by atoms with E-state index >= 15 is 0 Å². The van der Waals surface area contributed by atoms with Crippen LogP contribution in [-0.2, 0) is 0 Å². The normalized spacial score (nSPS) is 13.0. The Labute approximate surface area is 75.6 Å². The van der Waals surface area contributed by atoms with Crippen molar-refractivity contribution >= 4 is 0 Å². The molecule has 1 unspecified atom stereocenters. The minimum absolute atomic E-state index is 0.105. The van der Waals surface area contributed by atoms with Gasteiger partial charge in [0, 0.05) is 6.07 Å². The van der Waals surface area contributed by atoms with E-state index < -0.39 is 0 Å². The van der Waals surface area contributed by atoms with E-state index in [9.17, 15) is 0 Å². The van der Waals surface area contributed by atoms with Gasteiger partial charge in [0.1, 0.15) is 12.5 Å². The molecule has 2 heterocycles. The summed E-state index contributed by atoms with van der Waals surface area (Å²) < 4.78 is 9.99. The molecule has 4 heteroatoms. The van der Waals surface area contributed by atoms with Crippen LogP contribution < -0.4 is 0 Å². The molecule has 0 bridgehead atoms. The van der Waals surface area contributed by atoms with Gasteiger partial charge in [0.15, 0.2) is 0 Å². The van der Waals surface area contributed by atoms with E-state index in [4.69, 9.17) is 8.94 Å². The SMILES string of the molecule is CCC(c1ccon1)c1ncco1. The molecule has 0 fully saturated rings. The lowest BCUT2D eigenvalue weighted by Gasteiger charge is -2.05. The van der Waals surface area contributed by atoms with Crippen LogP contribution in [0, 0.1) is 0 Å². The average molecular weight is 178 g/mol. The first-order chi connectivity index (χ1) is 6.42. The fraction of sp³-hybridized carbons (Fsp3) is 0.333. The van der Waals surface area contributed by atoms with E-state index in [1.54, 1.807) is 18.7 Å². The molecule has 2 rings (SSSR count). The van der Waals surface area contributed by atoms with E-state index in [0.29, 0.717) is 5.89 Å². The zero-order valence-corrected chi connectivity index (χ0v) is 7.30. The van der Waals surface area contributed by atoms with Crippen LogP contribution in [-0.4, -0.2) is 10.1 Å². The molecule has 0 aliphatic carbocycles. The molecule has 0 radical (unpaired) electrons. The molecule has 1 atom stereocenters. The van der Waals surface area contributed by atoms with Crippen molar-refractivity contribution in [1.82, 2.24) is 10.1 Å². The smallest absolute Gasteiger partial charge is 0.203 e. The Balaban J connectivity index is 2.29. The quantitative estimate of drug-likeness (QED) is 0.723. The van der Waals surface area contributed by atoms with Gasteiger partial charge in [0.05, 0.1) is 17.8 Å². The molecule has 2 aromatic heterocycles. The molecule has 0 saturated carbocycles. The average Bonchev–Trinajstić information content (AvgIpc) is 2.76. The van der Waals surface area contributed by atoms with Crippen LogP contribution in [0.2, 0.25) is 0 Å². The second-order valence-electron chi connectivity index (χ2n) is 2.76. The second-order valence-corrected chi connectivity index (χ2v) is 2.76. The van der Waals surface area contributed by atoms with Crippen LogP contribution in [0.15, 0.2) is 33.7 Å². The Hall–Kier alpha value is -1.58. The maximum absolute atomic E-state index is 5.22. The molecule has 0 aromatic carbocycles. The molecule has 2 aromatic rings. The van der Waals surface area contributed by atoms with Gasteiger partial charge in [-0.1, -0.05) is 12.1 Å². The predicted molar refractivity (Wildman–Crippen MR) is 45.1 cm³/mol. The summed E-state index contributed by atoms with van der Waals surface area (Å²) in [6.07, 6.45) is 5.66. The lowest BCUT2D eigenvalue weighted by Crippen LogP contribution is -1.99. The molecular formula is C9H10N2O2. The first-order valence-corrected chi connectivity index (χ1v) is 4.21. The number of aromatic nitrogens is 2. The highest BCUT2D eigenvalue weighted by molar-refractivity contribution is 5.12. The molecule has 13 heavy (non-hydrogen) atoms. The van der Waals surface area contributed by atoms with Crippen LogP contribution in [0.3, 0.4) is 0 Å². The standard InChI is InChI=1S/C9H10N2O2/c1-2-7(8-3-5-13-11-8)9-10-4-6-12-9/h3-7H,2H2,1H3. The zero-order chi connectivity index (χ0) is 9.10. The molecule has 0 spiro atoms. The maximum Gasteiger partial charge on any atom is 0.203 e. The van der Waals surface area contributed by atoms with Crippen molar-refractivity contribution in [1.29, 1.82) is 0 Å². The third-order valence-electron chi connectivity index (χ3n) is 1.97. The van der Waals surface area contributed by atoms with E-state index in [-0.39, 0.29) is 5.92 Å². The highest BCUT2D eigenvalue weighted by atomic mass is 16.5. The third-order valence-corrected chi connectivity index (χ3v) is 1.97. The Kier molecular flexibility index (Phi) is 2.12. The number of hydrogen-bond acceptors (Lipinski definition) is 4. The lowest BCUT2D eigenvalue weighted by molar-refractivity contribution is 0.395. The summed E-state index contributed by atoms with van der Waals surface area (Å²) in [4.78, 5) is 4.10. The molecule has 0 aliphatic heterocycles. The minimum atomic E-state index is 0.105. The molecule has 0 aliphatic rings. The molecule has 4 nitrogen and oxygen atoms in total. The number of nitrogens with zero attached hydrogens (tertiary/aromatic N) is 2. The van der Waals surface area contributed by atoms with Crippen molar-refractivity contribution in [3.63, 3.8) is 0 Å². The molecule has 0 saturated heterocycles. The summed E-state index contributed by atoms with van der Waals surface area (Å²) in [7, 11) is 0. The minimum Gasteiger partial charge on any atom is -0.448 e. The number of rotatable bonds is 3. The highest BCUT2D eigenvalue weighted by Crippen LogP contribution is 2.24. The van der Waals surface area contributed by atoms with Gasteiger partial charge in [-0.25, -0.2) is 4.98 Å². The first kappa shape index (κ1) is 8.04. The van der Waals surface area contributed by atoms with Gasteiger partial charge in [-0.2, -0.15) is 0 Å². The van der Waals surface area contributed by atoms with E-state index in [0.717, 1.165) is 12.1 Å². The topological polar surface area (TPSA) is 52.1 Å². The summed E-state index contributed by atoms with van der Waals surface area (Å²) in [5.41, 5.74) is 0.866. The second kappa shape index (κ2) is 3.43. The summed E-state index contributed by atoms with van der Waals surface area (Å²) in [6.45, 7) is 2.06. The van der Waals surface area contributed by atoms with Crippen LogP contribution in [0.5, 0.6) is 0 Å². The van der Waals surface area contributed by atoms with Crippen molar-refractivity contribution in [2.45, 2.75) is 19.3 Å². The summed E-state index contributed by atoms with van der Waals surface area (Å²) >= 11 is 0. The van der Waals surface area contributed by atoms with Gasteiger partial charge in [-0.3, -0.25) is 0 Å². The summed E-state index contributed by atoms with van der Waals surface area (Å²) in [5.74, 6) is 0.796. The summed E-state index contributed by atoms with van der Waals surface area (Å²) in [5, 5.41) is 3.87. The van der Waals surface area contributed by atoms with Crippen molar-refractivity contribution < 1.29 is 8.94 Å². The van der Waals surface area contributed by atoms with Crippen LogP contribution >= 0.6 is 0 Å². The molecule has 0 amide bonds. The van der Waals surface area contributed by atoms with Crippen LogP contribution in [0.1, 0.15) is 30.8 Å². The fourth-order valence-electron chi connectivity index (χ4n) is 1.32. The van der Waals surface area contributed by atoms with Gasteiger partial charge < -0.3 is 8.94 Å². The number of oxazole rings is 1. The first-order valence-electron chi connectivity index (χ1n) is 4.21. The third kappa shape index (κ3) is 1.47. The van der Waals surface area contributed by atoms with Gasteiger partial charge in [-0.05, 0) is 6.42 Å². The van der Waals surface area contributed by atoms with E-state index in [2.05, 4.69) is 17.1 Å². The van der Waals surface area contributed by atoms with Crippen LogP contribution in [0.4, 0.5) is 0 Å². The van der Waals surface area contributed by atoms with Gasteiger partial charge in [-0.15, -0.1) is 0 Å². The van der Waals surface area contributed by atoms with Crippen LogP contribution in [0.25, 0.3) is 0 Å². The summed E-state index contributed by atoms with van der Waals surface area (Å²) in [6, 6.07) is 1.83. The van der Waals surface area contributed by atoms with Gasteiger partial charge >= 0.3 is 0 Å². The van der Waals surface area contributed by atoms with E-state index in [1.165, 1.54) is 0 Å². The van der Waals surface area contributed by atoms with E-state index in [1.807, 2.05) is 6.07 Å².